The third-order valence-corrected chi connectivity index (χ3v) is 5.91. The summed E-state index contributed by atoms with van der Waals surface area (Å²) in [6.07, 6.45) is 2.11. The van der Waals surface area contributed by atoms with Crippen molar-refractivity contribution >= 4 is 22.6 Å². The number of nitrogens with zero attached hydrogens (tertiary/aromatic N) is 4. The fourth-order valence-electron chi connectivity index (χ4n) is 4.54. The smallest absolute Gasteiger partial charge is 0.257 e. The number of ether oxygens (including phenoxy) is 1. The van der Waals surface area contributed by atoms with Gasteiger partial charge in [-0.2, -0.15) is 0 Å². The van der Waals surface area contributed by atoms with Crippen molar-refractivity contribution in [2.24, 2.45) is 5.92 Å². The van der Waals surface area contributed by atoms with E-state index in [1.165, 1.54) is 5.57 Å². The standard InChI is InChI=1S/C24H24N4O2/c1-15-10-16(2)26-24(25-15)28-13-18-11-27(12-19(18)14-28)23(29)21-9-8-17-6-4-5-7-20(17)22(21)30-3/h4-10,13,19H,11-12,14H2,1-3H3. The summed E-state index contributed by atoms with van der Waals surface area (Å²) >= 11 is 0. The lowest BCUT2D eigenvalue weighted by atomic mass is 10.0. The Morgan fingerprint density at radius 2 is 1.83 bits per heavy atom. The van der Waals surface area contributed by atoms with E-state index in [2.05, 4.69) is 21.1 Å². The second-order valence-corrected chi connectivity index (χ2v) is 8.06. The van der Waals surface area contributed by atoms with Crippen LogP contribution in [0.4, 0.5) is 5.95 Å². The molecule has 6 heteroatoms. The van der Waals surface area contributed by atoms with Gasteiger partial charge >= 0.3 is 0 Å². The third-order valence-electron chi connectivity index (χ3n) is 5.91. The van der Waals surface area contributed by atoms with E-state index in [0.717, 1.165) is 34.7 Å². The van der Waals surface area contributed by atoms with Crippen LogP contribution in [0.25, 0.3) is 10.8 Å². The first kappa shape index (κ1) is 18.6. The average Bonchev–Trinajstić information content (AvgIpc) is 3.31. The van der Waals surface area contributed by atoms with Crippen LogP contribution in [-0.4, -0.2) is 47.5 Å². The number of amides is 1. The van der Waals surface area contributed by atoms with Gasteiger partial charge < -0.3 is 14.5 Å². The normalized spacial score (nSPS) is 18.0. The number of benzene rings is 2. The number of anilines is 1. The number of aryl methyl sites for hydroxylation is 2. The maximum atomic E-state index is 13.3. The summed E-state index contributed by atoms with van der Waals surface area (Å²) in [4.78, 5) is 26.5. The summed E-state index contributed by atoms with van der Waals surface area (Å²) in [6, 6.07) is 13.8. The zero-order valence-corrected chi connectivity index (χ0v) is 17.4. The molecule has 0 spiro atoms. The molecule has 3 aromatic rings. The van der Waals surface area contributed by atoms with Gasteiger partial charge in [0, 0.05) is 48.5 Å². The van der Waals surface area contributed by atoms with Gasteiger partial charge in [-0.1, -0.05) is 30.3 Å². The van der Waals surface area contributed by atoms with Crippen LogP contribution >= 0.6 is 0 Å². The molecule has 1 atom stereocenters. The molecule has 0 saturated carbocycles. The summed E-state index contributed by atoms with van der Waals surface area (Å²) in [5.74, 6) is 1.71. The van der Waals surface area contributed by atoms with E-state index in [4.69, 9.17) is 4.74 Å². The molecule has 2 aromatic carbocycles. The molecular weight excluding hydrogens is 376 g/mol. The second-order valence-electron chi connectivity index (χ2n) is 8.06. The van der Waals surface area contributed by atoms with Gasteiger partial charge in [-0.15, -0.1) is 0 Å². The summed E-state index contributed by atoms with van der Waals surface area (Å²) in [5, 5.41) is 2.03. The summed E-state index contributed by atoms with van der Waals surface area (Å²) < 4.78 is 5.64. The molecule has 1 aromatic heterocycles. The Bertz CT molecular complexity index is 1170. The molecule has 0 bridgehead atoms. The van der Waals surface area contributed by atoms with Crippen LogP contribution in [0.2, 0.25) is 0 Å². The first-order chi connectivity index (χ1) is 14.5. The molecule has 0 radical (unpaired) electrons. The highest BCUT2D eigenvalue weighted by atomic mass is 16.5. The molecule has 0 aliphatic carbocycles. The molecule has 0 N–H and O–H groups in total. The first-order valence-corrected chi connectivity index (χ1v) is 10.2. The number of carbonyl (C=O) groups is 1. The number of hydrogen-bond donors (Lipinski definition) is 0. The van der Waals surface area contributed by atoms with Crippen molar-refractivity contribution in [1.29, 1.82) is 0 Å². The molecule has 1 unspecified atom stereocenters. The summed E-state index contributed by atoms with van der Waals surface area (Å²) in [5.41, 5.74) is 3.80. The number of carbonyl (C=O) groups excluding carboxylic acids is 1. The lowest BCUT2D eigenvalue weighted by molar-refractivity contribution is 0.0786. The van der Waals surface area contributed by atoms with Crippen LogP contribution in [0.5, 0.6) is 5.75 Å². The van der Waals surface area contributed by atoms with Crippen LogP contribution in [-0.2, 0) is 0 Å². The van der Waals surface area contributed by atoms with Crippen molar-refractivity contribution in [2.75, 3.05) is 31.6 Å². The molecule has 3 heterocycles. The highest BCUT2D eigenvalue weighted by Crippen LogP contribution is 2.35. The minimum absolute atomic E-state index is 0.0158. The van der Waals surface area contributed by atoms with Gasteiger partial charge in [0.15, 0.2) is 0 Å². The molecule has 2 aliphatic rings. The number of aromatic nitrogens is 2. The molecule has 2 aliphatic heterocycles. The zero-order chi connectivity index (χ0) is 20.8. The van der Waals surface area contributed by atoms with Gasteiger partial charge in [-0.3, -0.25) is 4.79 Å². The minimum atomic E-state index is 0.0158. The Morgan fingerprint density at radius 3 is 2.57 bits per heavy atom. The fourth-order valence-corrected chi connectivity index (χ4v) is 4.54. The molecule has 30 heavy (non-hydrogen) atoms. The van der Waals surface area contributed by atoms with Crippen LogP contribution in [0.3, 0.4) is 0 Å². The van der Waals surface area contributed by atoms with E-state index in [9.17, 15) is 4.79 Å². The minimum Gasteiger partial charge on any atom is -0.495 e. The largest absolute Gasteiger partial charge is 0.495 e. The molecule has 6 nitrogen and oxygen atoms in total. The van der Waals surface area contributed by atoms with Gasteiger partial charge in [0.2, 0.25) is 5.95 Å². The quantitative estimate of drug-likeness (QED) is 0.671. The van der Waals surface area contributed by atoms with Gasteiger partial charge in [0.05, 0.1) is 12.7 Å². The Labute approximate surface area is 175 Å². The van der Waals surface area contributed by atoms with Gasteiger partial charge in [0.25, 0.3) is 5.91 Å². The first-order valence-electron chi connectivity index (χ1n) is 10.2. The predicted molar refractivity (Wildman–Crippen MR) is 117 cm³/mol. The molecule has 1 amide bonds. The van der Waals surface area contributed by atoms with E-state index in [1.807, 2.05) is 61.2 Å². The highest BCUT2D eigenvalue weighted by Gasteiger charge is 2.37. The van der Waals surface area contributed by atoms with Crippen molar-refractivity contribution in [1.82, 2.24) is 14.9 Å². The lowest BCUT2D eigenvalue weighted by Gasteiger charge is -2.21. The average molecular weight is 400 g/mol. The van der Waals surface area contributed by atoms with Crippen molar-refractivity contribution in [3.8, 4) is 5.75 Å². The Kier molecular flexibility index (Phi) is 4.42. The van der Waals surface area contributed by atoms with E-state index in [1.54, 1.807) is 7.11 Å². The van der Waals surface area contributed by atoms with E-state index < -0.39 is 0 Å². The zero-order valence-electron chi connectivity index (χ0n) is 17.4. The van der Waals surface area contributed by atoms with Crippen LogP contribution in [0.15, 0.2) is 54.2 Å². The summed E-state index contributed by atoms with van der Waals surface area (Å²) in [7, 11) is 1.63. The van der Waals surface area contributed by atoms with E-state index in [-0.39, 0.29) is 5.91 Å². The lowest BCUT2D eigenvalue weighted by Crippen LogP contribution is -2.31. The van der Waals surface area contributed by atoms with E-state index >= 15 is 0 Å². The number of fused-ring (bicyclic) bond motifs is 2. The van der Waals surface area contributed by atoms with Crippen LogP contribution < -0.4 is 9.64 Å². The molecule has 1 saturated heterocycles. The van der Waals surface area contributed by atoms with Crippen molar-refractivity contribution in [2.45, 2.75) is 13.8 Å². The number of methoxy groups -OCH3 is 1. The highest BCUT2D eigenvalue weighted by molar-refractivity contribution is 6.04. The van der Waals surface area contributed by atoms with Crippen LogP contribution in [0, 0.1) is 19.8 Å². The molecular formula is C24H24N4O2. The number of hydrogen-bond acceptors (Lipinski definition) is 5. The Balaban J connectivity index is 1.40. The molecule has 1 fully saturated rings. The van der Waals surface area contributed by atoms with E-state index in [0.29, 0.717) is 30.3 Å². The van der Waals surface area contributed by atoms with Crippen LogP contribution in [0.1, 0.15) is 21.7 Å². The number of rotatable bonds is 3. The van der Waals surface area contributed by atoms with Gasteiger partial charge in [-0.05, 0) is 36.9 Å². The SMILES string of the molecule is COc1c(C(=O)N2CC3=CN(c4nc(C)cc(C)n4)CC3C2)ccc2ccccc12. The maximum absolute atomic E-state index is 13.3. The number of likely N-dealkylation sites (tertiary alicyclic amines) is 1. The second kappa shape index (κ2) is 7.13. The van der Waals surface area contributed by atoms with Crippen molar-refractivity contribution in [3.63, 3.8) is 0 Å². The predicted octanol–water partition coefficient (Wildman–Crippen LogP) is 3.73. The van der Waals surface area contributed by atoms with Crippen molar-refractivity contribution in [3.05, 3.63) is 71.2 Å². The topological polar surface area (TPSA) is 58.6 Å². The third kappa shape index (κ3) is 3.09. The Hall–Kier alpha value is -3.41. The monoisotopic (exact) mass is 400 g/mol. The van der Waals surface area contributed by atoms with Crippen molar-refractivity contribution < 1.29 is 9.53 Å². The fraction of sp³-hybridized carbons (Fsp3) is 0.292. The maximum Gasteiger partial charge on any atom is 0.257 e. The van der Waals surface area contributed by atoms with Gasteiger partial charge in [-0.25, -0.2) is 9.97 Å². The Morgan fingerprint density at radius 1 is 1.07 bits per heavy atom. The molecule has 5 rings (SSSR count). The van der Waals surface area contributed by atoms with Gasteiger partial charge in [0.1, 0.15) is 5.75 Å². The molecule has 152 valence electrons. The summed E-state index contributed by atoms with van der Waals surface area (Å²) in [6.45, 7) is 6.10.